The lowest BCUT2D eigenvalue weighted by atomic mass is 10.2. The molecule has 0 aromatic heterocycles. The molecule has 1 atom stereocenters. The Labute approximate surface area is 134 Å². The smallest absolute Gasteiger partial charge is 0.323 e. The van der Waals surface area contributed by atoms with E-state index in [9.17, 15) is 9.18 Å². The lowest BCUT2D eigenvalue weighted by Crippen LogP contribution is -2.39. The lowest BCUT2D eigenvalue weighted by Gasteiger charge is -2.12. The van der Waals surface area contributed by atoms with E-state index in [0.29, 0.717) is 31.7 Å². The number of nitrogens with two attached hydrogens (primary N) is 2. The fraction of sp³-hybridized carbons (Fsp3) is 0.467. The molecule has 128 valence electrons. The third-order valence-corrected chi connectivity index (χ3v) is 2.91. The van der Waals surface area contributed by atoms with Crippen LogP contribution in [0.15, 0.2) is 29.3 Å². The number of ether oxygens (including phenoxy) is 2. The van der Waals surface area contributed by atoms with Gasteiger partial charge in [0, 0.05) is 13.7 Å². The standard InChI is InChI=1S/C15H23FN4O3/c1-22-8-7-20-15(18)19-6-5-13(17)14(21)23-10-11-3-2-4-12(16)9-11/h2-4,9,13H,5-8,10,17H2,1H3,(H3,18,19,20)/t13-/m0/s1. The number of halogens is 1. The molecule has 0 unspecified atom stereocenters. The minimum atomic E-state index is -0.789. The topological polar surface area (TPSA) is 112 Å². The maximum Gasteiger partial charge on any atom is 0.323 e. The quantitative estimate of drug-likeness (QED) is 0.257. The average Bonchev–Trinajstić information content (AvgIpc) is 2.52. The maximum atomic E-state index is 13.0. The van der Waals surface area contributed by atoms with E-state index in [2.05, 4.69) is 10.3 Å². The number of carbonyl (C=O) groups excluding carboxylic acids is 1. The highest BCUT2D eigenvalue weighted by Crippen LogP contribution is 2.05. The van der Waals surface area contributed by atoms with Gasteiger partial charge in [0.15, 0.2) is 5.96 Å². The number of nitrogens with zero attached hydrogens (tertiary/aromatic N) is 1. The highest BCUT2D eigenvalue weighted by atomic mass is 19.1. The third-order valence-electron chi connectivity index (χ3n) is 2.91. The van der Waals surface area contributed by atoms with Gasteiger partial charge in [0.2, 0.25) is 0 Å². The maximum absolute atomic E-state index is 13.0. The Hall–Kier alpha value is -2.19. The highest BCUT2D eigenvalue weighted by Gasteiger charge is 2.14. The first kappa shape index (κ1) is 18.9. The van der Waals surface area contributed by atoms with Gasteiger partial charge in [-0.15, -0.1) is 0 Å². The molecule has 0 saturated heterocycles. The Bertz CT molecular complexity index is 525. The van der Waals surface area contributed by atoms with Crippen molar-refractivity contribution < 1.29 is 18.7 Å². The van der Waals surface area contributed by atoms with Crippen molar-refractivity contribution in [2.75, 3.05) is 26.8 Å². The molecule has 0 spiro atoms. The van der Waals surface area contributed by atoms with Gasteiger partial charge in [0.1, 0.15) is 18.5 Å². The number of esters is 1. The number of aliphatic imine (C=N–C) groups is 1. The molecule has 1 rings (SSSR count). The largest absolute Gasteiger partial charge is 0.460 e. The van der Waals surface area contributed by atoms with Crippen LogP contribution in [0.3, 0.4) is 0 Å². The van der Waals surface area contributed by atoms with Crippen LogP contribution < -0.4 is 16.8 Å². The van der Waals surface area contributed by atoms with Crippen molar-refractivity contribution in [2.24, 2.45) is 16.5 Å². The van der Waals surface area contributed by atoms with E-state index in [1.807, 2.05) is 0 Å². The van der Waals surface area contributed by atoms with Crippen molar-refractivity contribution in [3.05, 3.63) is 35.6 Å². The van der Waals surface area contributed by atoms with Crippen LogP contribution in [0.1, 0.15) is 12.0 Å². The molecule has 7 nitrogen and oxygen atoms in total. The monoisotopic (exact) mass is 326 g/mol. The van der Waals surface area contributed by atoms with Crippen molar-refractivity contribution in [1.82, 2.24) is 5.32 Å². The van der Waals surface area contributed by atoms with Gasteiger partial charge in [-0.05, 0) is 24.1 Å². The number of methoxy groups -OCH3 is 1. The van der Waals surface area contributed by atoms with E-state index in [0.717, 1.165) is 0 Å². The first-order valence-electron chi connectivity index (χ1n) is 7.22. The summed E-state index contributed by atoms with van der Waals surface area (Å²) in [5.41, 5.74) is 11.9. The van der Waals surface area contributed by atoms with Gasteiger partial charge in [-0.3, -0.25) is 9.79 Å². The molecule has 0 aliphatic heterocycles. The van der Waals surface area contributed by atoms with Crippen LogP contribution in [0.5, 0.6) is 0 Å². The van der Waals surface area contributed by atoms with Crippen LogP contribution in [-0.4, -0.2) is 44.8 Å². The molecule has 1 aromatic rings. The van der Waals surface area contributed by atoms with Crippen LogP contribution in [0.2, 0.25) is 0 Å². The van der Waals surface area contributed by atoms with E-state index in [1.54, 1.807) is 19.2 Å². The SMILES string of the molecule is COCCN=C(N)NCC[C@H](N)C(=O)OCc1cccc(F)c1. The molecule has 0 radical (unpaired) electrons. The molecular formula is C15H23FN4O3. The number of benzene rings is 1. The van der Waals surface area contributed by atoms with Gasteiger partial charge in [-0.2, -0.15) is 0 Å². The van der Waals surface area contributed by atoms with E-state index >= 15 is 0 Å². The van der Waals surface area contributed by atoms with Gasteiger partial charge in [-0.25, -0.2) is 4.39 Å². The zero-order chi connectivity index (χ0) is 17.1. The van der Waals surface area contributed by atoms with Crippen LogP contribution in [0.25, 0.3) is 0 Å². The molecular weight excluding hydrogens is 303 g/mol. The van der Waals surface area contributed by atoms with Crippen molar-refractivity contribution in [3.8, 4) is 0 Å². The summed E-state index contributed by atoms with van der Waals surface area (Å²) in [6.07, 6.45) is 0.336. The van der Waals surface area contributed by atoms with Crippen LogP contribution in [0, 0.1) is 5.82 Å². The molecule has 0 heterocycles. The summed E-state index contributed by atoms with van der Waals surface area (Å²) in [6, 6.07) is 5.05. The van der Waals surface area contributed by atoms with Gasteiger partial charge < -0.3 is 26.3 Å². The normalized spacial score (nSPS) is 12.7. The molecule has 0 bridgehead atoms. The zero-order valence-electron chi connectivity index (χ0n) is 13.1. The summed E-state index contributed by atoms with van der Waals surface area (Å²) >= 11 is 0. The van der Waals surface area contributed by atoms with Crippen molar-refractivity contribution in [1.29, 1.82) is 0 Å². The number of nitrogens with one attached hydrogen (secondary N) is 1. The van der Waals surface area contributed by atoms with E-state index in [1.165, 1.54) is 12.1 Å². The first-order valence-corrected chi connectivity index (χ1v) is 7.22. The first-order chi connectivity index (χ1) is 11.0. The van der Waals surface area contributed by atoms with Crippen LogP contribution in [0.4, 0.5) is 4.39 Å². The minimum absolute atomic E-state index is 0.0155. The summed E-state index contributed by atoms with van der Waals surface area (Å²) in [4.78, 5) is 15.7. The average molecular weight is 326 g/mol. The van der Waals surface area contributed by atoms with Gasteiger partial charge in [0.25, 0.3) is 0 Å². The third kappa shape index (κ3) is 8.12. The van der Waals surface area contributed by atoms with Gasteiger partial charge in [0.05, 0.1) is 13.2 Å². The molecule has 5 N–H and O–H groups in total. The Morgan fingerprint density at radius 1 is 1.48 bits per heavy atom. The zero-order valence-corrected chi connectivity index (χ0v) is 13.1. The highest BCUT2D eigenvalue weighted by molar-refractivity contribution is 5.78. The molecule has 0 aliphatic rings. The molecule has 23 heavy (non-hydrogen) atoms. The summed E-state index contributed by atoms with van der Waals surface area (Å²) in [5.74, 6) is -0.663. The Morgan fingerprint density at radius 3 is 2.96 bits per heavy atom. The summed E-state index contributed by atoms with van der Waals surface area (Å²) in [7, 11) is 1.58. The number of hydrogen-bond donors (Lipinski definition) is 3. The Balaban J connectivity index is 2.24. The molecule has 0 aliphatic carbocycles. The molecule has 0 fully saturated rings. The fourth-order valence-electron chi connectivity index (χ4n) is 1.68. The lowest BCUT2D eigenvalue weighted by molar-refractivity contribution is -0.146. The molecule has 1 aromatic carbocycles. The predicted molar refractivity (Wildman–Crippen MR) is 85.2 cm³/mol. The Kier molecular flexibility index (Phi) is 8.63. The minimum Gasteiger partial charge on any atom is -0.460 e. The van der Waals surface area contributed by atoms with E-state index < -0.39 is 12.0 Å². The summed E-state index contributed by atoms with van der Waals surface area (Å²) < 4.78 is 22.9. The van der Waals surface area contributed by atoms with Crippen molar-refractivity contribution in [2.45, 2.75) is 19.1 Å². The second-order valence-corrected chi connectivity index (χ2v) is 4.82. The van der Waals surface area contributed by atoms with Gasteiger partial charge in [-0.1, -0.05) is 12.1 Å². The Morgan fingerprint density at radius 2 is 2.26 bits per heavy atom. The molecule has 0 amide bonds. The number of carbonyl (C=O) groups is 1. The van der Waals surface area contributed by atoms with Crippen LogP contribution >= 0.6 is 0 Å². The fourth-order valence-corrected chi connectivity index (χ4v) is 1.68. The second-order valence-electron chi connectivity index (χ2n) is 4.82. The van der Waals surface area contributed by atoms with Crippen molar-refractivity contribution >= 4 is 11.9 Å². The van der Waals surface area contributed by atoms with Crippen molar-refractivity contribution in [3.63, 3.8) is 0 Å². The molecule has 8 heteroatoms. The predicted octanol–water partition coefficient (Wildman–Crippen LogP) is 0.137. The van der Waals surface area contributed by atoms with E-state index in [-0.39, 0.29) is 18.4 Å². The molecule has 0 saturated carbocycles. The number of hydrogen-bond acceptors (Lipinski definition) is 5. The number of guanidine groups is 1. The summed E-state index contributed by atoms with van der Waals surface area (Å²) in [6.45, 7) is 1.31. The van der Waals surface area contributed by atoms with Crippen LogP contribution in [-0.2, 0) is 20.9 Å². The number of rotatable bonds is 9. The van der Waals surface area contributed by atoms with E-state index in [4.69, 9.17) is 20.9 Å². The second kappa shape index (κ2) is 10.5. The van der Waals surface area contributed by atoms with Gasteiger partial charge >= 0.3 is 5.97 Å². The summed E-state index contributed by atoms with van der Waals surface area (Å²) in [5, 5.41) is 2.84.